The van der Waals surface area contributed by atoms with E-state index in [0.29, 0.717) is 31.1 Å². The van der Waals surface area contributed by atoms with E-state index in [1.807, 2.05) is 6.92 Å². The minimum Gasteiger partial charge on any atom is -0.497 e. The third kappa shape index (κ3) is 4.61. The van der Waals surface area contributed by atoms with Gasteiger partial charge in [0.15, 0.2) is 0 Å². The van der Waals surface area contributed by atoms with Crippen molar-refractivity contribution in [2.24, 2.45) is 5.92 Å². The maximum Gasteiger partial charge on any atom is 0.243 e. The average molecular weight is 328 g/mol. The van der Waals surface area contributed by atoms with Gasteiger partial charge < -0.3 is 20.3 Å². The summed E-state index contributed by atoms with van der Waals surface area (Å²) in [4.78, 5) is 25.8. The fraction of sp³-hybridized carbons (Fsp3) is 0.467. The molecule has 0 spiro atoms. The summed E-state index contributed by atoms with van der Waals surface area (Å²) >= 11 is 0. The van der Waals surface area contributed by atoms with Crippen LogP contribution >= 0.6 is 12.4 Å². The molecule has 0 radical (unpaired) electrons. The molecule has 0 aromatic heterocycles. The van der Waals surface area contributed by atoms with Crippen molar-refractivity contribution in [1.82, 2.24) is 10.2 Å². The van der Waals surface area contributed by atoms with E-state index in [9.17, 15) is 9.59 Å². The van der Waals surface area contributed by atoms with E-state index in [2.05, 4.69) is 10.6 Å². The molecule has 2 N–H and O–H groups in total. The first kappa shape index (κ1) is 18.3. The number of methoxy groups -OCH3 is 1. The van der Waals surface area contributed by atoms with Gasteiger partial charge in [-0.2, -0.15) is 0 Å². The number of carbonyl (C=O) groups is 2. The van der Waals surface area contributed by atoms with Crippen LogP contribution in [0.3, 0.4) is 0 Å². The lowest BCUT2D eigenvalue weighted by atomic mass is 10.0. The Labute approximate surface area is 136 Å². The first-order valence-electron chi connectivity index (χ1n) is 7.07. The second kappa shape index (κ2) is 8.60. The summed E-state index contributed by atoms with van der Waals surface area (Å²) in [5.74, 6) is 0.522. The summed E-state index contributed by atoms with van der Waals surface area (Å²) in [6, 6.07) is 7.14. The van der Waals surface area contributed by atoms with Crippen molar-refractivity contribution in [3.05, 3.63) is 24.3 Å². The summed E-state index contributed by atoms with van der Waals surface area (Å²) in [5.41, 5.74) is 0.660. The van der Waals surface area contributed by atoms with E-state index < -0.39 is 0 Å². The third-order valence-corrected chi connectivity index (χ3v) is 3.51. The maximum absolute atomic E-state index is 12.1. The standard InChI is InChI=1S/C15H21N3O3.ClH/c1-3-18(15(20)11-8-16-9-11)10-14(19)17-12-5-4-6-13(7-12)21-2;/h4-7,11,16H,3,8-10H2,1-2H3,(H,17,19);1H. The van der Waals surface area contributed by atoms with Gasteiger partial charge in [-0.25, -0.2) is 0 Å². The van der Waals surface area contributed by atoms with Crippen LogP contribution in [0.2, 0.25) is 0 Å². The van der Waals surface area contributed by atoms with Crippen LogP contribution in [0.15, 0.2) is 24.3 Å². The minimum atomic E-state index is -0.203. The largest absolute Gasteiger partial charge is 0.497 e. The van der Waals surface area contributed by atoms with E-state index in [4.69, 9.17) is 4.74 Å². The SMILES string of the molecule is CCN(CC(=O)Nc1cccc(OC)c1)C(=O)C1CNC1.Cl. The van der Waals surface area contributed by atoms with E-state index in [0.717, 1.165) is 0 Å². The Kier molecular flexibility index (Phi) is 7.14. The predicted octanol–water partition coefficient (Wildman–Crippen LogP) is 1.12. The van der Waals surface area contributed by atoms with Crippen LogP contribution in [0.1, 0.15) is 6.92 Å². The molecule has 1 saturated heterocycles. The van der Waals surface area contributed by atoms with Crippen molar-refractivity contribution >= 4 is 29.9 Å². The van der Waals surface area contributed by atoms with Crippen LogP contribution in [-0.2, 0) is 9.59 Å². The van der Waals surface area contributed by atoms with Crippen molar-refractivity contribution < 1.29 is 14.3 Å². The van der Waals surface area contributed by atoms with Gasteiger partial charge in [0.05, 0.1) is 19.6 Å². The number of rotatable bonds is 6. The smallest absolute Gasteiger partial charge is 0.243 e. The number of ether oxygens (including phenoxy) is 1. The summed E-state index contributed by atoms with van der Waals surface area (Å²) in [7, 11) is 1.57. The molecule has 1 aliphatic rings. The molecule has 22 heavy (non-hydrogen) atoms. The molecule has 2 rings (SSSR count). The molecule has 2 amide bonds. The fourth-order valence-corrected chi connectivity index (χ4v) is 2.14. The van der Waals surface area contributed by atoms with Gasteiger partial charge in [-0.15, -0.1) is 12.4 Å². The Morgan fingerprint density at radius 2 is 2.14 bits per heavy atom. The number of amides is 2. The highest BCUT2D eigenvalue weighted by Crippen LogP contribution is 2.16. The molecule has 122 valence electrons. The number of halogens is 1. The molecule has 0 aliphatic carbocycles. The number of benzene rings is 1. The highest BCUT2D eigenvalue weighted by atomic mass is 35.5. The number of likely N-dealkylation sites (N-methyl/N-ethyl adjacent to an activating group) is 1. The van der Waals surface area contributed by atoms with Crippen LogP contribution in [0, 0.1) is 5.92 Å². The van der Waals surface area contributed by atoms with Crippen LogP contribution < -0.4 is 15.4 Å². The molecule has 0 unspecified atom stereocenters. The maximum atomic E-state index is 12.1. The Hall–Kier alpha value is -1.79. The normalized spacial score (nSPS) is 13.5. The van der Waals surface area contributed by atoms with E-state index in [1.54, 1.807) is 36.3 Å². The van der Waals surface area contributed by atoms with E-state index in [1.165, 1.54) is 0 Å². The summed E-state index contributed by atoms with van der Waals surface area (Å²) in [6.45, 7) is 3.88. The van der Waals surface area contributed by atoms with Gasteiger partial charge in [0, 0.05) is 31.4 Å². The molecular formula is C15H22ClN3O3. The van der Waals surface area contributed by atoms with Gasteiger partial charge in [0.25, 0.3) is 0 Å². The molecule has 0 bridgehead atoms. The van der Waals surface area contributed by atoms with Gasteiger partial charge in [0.1, 0.15) is 5.75 Å². The topological polar surface area (TPSA) is 70.7 Å². The Morgan fingerprint density at radius 1 is 1.41 bits per heavy atom. The Morgan fingerprint density at radius 3 is 2.68 bits per heavy atom. The van der Waals surface area contributed by atoms with Gasteiger partial charge in [-0.1, -0.05) is 6.07 Å². The first-order chi connectivity index (χ1) is 10.1. The molecule has 1 aromatic rings. The minimum absolute atomic E-state index is 0. The Balaban J connectivity index is 0.00000242. The lowest BCUT2D eigenvalue weighted by molar-refractivity contribution is -0.139. The van der Waals surface area contributed by atoms with Gasteiger partial charge in [-0.3, -0.25) is 9.59 Å². The highest BCUT2D eigenvalue weighted by molar-refractivity contribution is 5.95. The number of nitrogens with zero attached hydrogens (tertiary/aromatic N) is 1. The van der Waals surface area contributed by atoms with Crippen molar-refractivity contribution in [2.45, 2.75) is 6.92 Å². The van der Waals surface area contributed by atoms with Gasteiger partial charge >= 0.3 is 0 Å². The van der Waals surface area contributed by atoms with Crippen molar-refractivity contribution in [2.75, 3.05) is 38.6 Å². The van der Waals surface area contributed by atoms with Crippen LogP contribution in [0.4, 0.5) is 5.69 Å². The highest BCUT2D eigenvalue weighted by Gasteiger charge is 2.29. The Bertz CT molecular complexity index is 521. The molecule has 6 nitrogen and oxygen atoms in total. The number of hydrogen-bond acceptors (Lipinski definition) is 4. The van der Waals surface area contributed by atoms with E-state index >= 15 is 0 Å². The van der Waals surface area contributed by atoms with Crippen LogP contribution in [-0.4, -0.2) is 50.0 Å². The predicted molar refractivity (Wildman–Crippen MR) is 87.5 cm³/mol. The third-order valence-electron chi connectivity index (χ3n) is 3.51. The molecule has 7 heteroatoms. The molecular weight excluding hydrogens is 306 g/mol. The van der Waals surface area contributed by atoms with Crippen molar-refractivity contribution in [3.63, 3.8) is 0 Å². The van der Waals surface area contributed by atoms with Crippen LogP contribution in [0.25, 0.3) is 0 Å². The van der Waals surface area contributed by atoms with E-state index in [-0.39, 0.29) is 36.7 Å². The average Bonchev–Trinajstić information content (AvgIpc) is 2.43. The fourth-order valence-electron chi connectivity index (χ4n) is 2.14. The lowest BCUT2D eigenvalue weighted by Crippen LogP contribution is -2.53. The van der Waals surface area contributed by atoms with Crippen molar-refractivity contribution in [3.8, 4) is 5.75 Å². The zero-order chi connectivity index (χ0) is 15.2. The molecule has 0 atom stereocenters. The van der Waals surface area contributed by atoms with Gasteiger partial charge in [-0.05, 0) is 19.1 Å². The number of anilines is 1. The number of nitrogens with one attached hydrogen (secondary N) is 2. The zero-order valence-electron chi connectivity index (χ0n) is 12.8. The van der Waals surface area contributed by atoms with Crippen molar-refractivity contribution in [1.29, 1.82) is 0 Å². The summed E-state index contributed by atoms with van der Waals surface area (Å²) < 4.78 is 5.11. The monoisotopic (exact) mass is 327 g/mol. The second-order valence-electron chi connectivity index (χ2n) is 4.99. The lowest BCUT2D eigenvalue weighted by Gasteiger charge is -2.31. The number of carbonyl (C=O) groups excluding carboxylic acids is 2. The molecule has 0 saturated carbocycles. The van der Waals surface area contributed by atoms with Crippen LogP contribution in [0.5, 0.6) is 5.75 Å². The summed E-state index contributed by atoms with van der Waals surface area (Å²) in [6.07, 6.45) is 0. The second-order valence-corrected chi connectivity index (χ2v) is 4.99. The molecule has 1 fully saturated rings. The summed E-state index contributed by atoms with van der Waals surface area (Å²) in [5, 5.41) is 5.85. The molecule has 1 heterocycles. The molecule has 1 aliphatic heterocycles. The first-order valence-corrected chi connectivity index (χ1v) is 7.07. The quantitative estimate of drug-likeness (QED) is 0.821. The zero-order valence-corrected chi connectivity index (χ0v) is 13.6. The number of hydrogen-bond donors (Lipinski definition) is 2. The molecule has 1 aromatic carbocycles. The van der Waals surface area contributed by atoms with Gasteiger partial charge in [0.2, 0.25) is 11.8 Å².